The maximum absolute atomic E-state index is 12.2. The van der Waals surface area contributed by atoms with Crippen molar-refractivity contribution < 1.29 is 19.7 Å². The Bertz CT molecular complexity index is 499. The first-order valence-corrected chi connectivity index (χ1v) is 7.83. The van der Waals surface area contributed by atoms with E-state index in [9.17, 15) is 15.0 Å². The molecule has 1 aromatic rings. The fourth-order valence-electron chi connectivity index (χ4n) is 3.86. The summed E-state index contributed by atoms with van der Waals surface area (Å²) < 4.78 is 5.37. The Morgan fingerprint density at radius 1 is 1.14 bits per heavy atom. The minimum atomic E-state index is -0.352. The molecule has 1 aromatic carbocycles. The Hall–Kier alpha value is -1.59. The number of carbonyl (C=O) groups excluding carboxylic acids is 1. The van der Waals surface area contributed by atoms with E-state index in [0.29, 0.717) is 31.5 Å². The summed E-state index contributed by atoms with van der Waals surface area (Å²) in [6.07, 6.45) is 1.30. The first-order valence-electron chi connectivity index (χ1n) is 7.83. The van der Waals surface area contributed by atoms with E-state index in [0.717, 1.165) is 18.4 Å². The fraction of sp³-hybridized carbons (Fsp3) is 0.588. The Kier molecular flexibility index (Phi) is 4.36. The zero-order valence-corrected chi connectivity index (χ0v) is 12.6. The number of benzene rings is 1. The predicted octanol–water partition coefficient (Wildman–Crippen LogP) is 1.64. The highest BCUT2D eigenvalue weighted by molar-refractivity contribution is 5.68. The molecule has 1 aliphatic carbocycles. The smallest absolute Gasteiger partial charge is 0.410 e. The van der Waals surface area contributed by atoms with Crippen LogP contribution in [0.15, 0.2) is 30.3 Å². The standard InChI is InChI=1S/C17H23NO4/c19-11-17(12-20)6-14-8-18(9-15(14)7-17)16(21)22-10-13-4-2-1-3-5-13/h1-5,14-15,19-20H,6-12H2/t14-,15+. The number of hydrogen-bond donors (Lipinski definition) is 2. The molecule has 2 aliphatic rings. The monoisotopic (exact) mass is 305 g/mol. The lowest BCUT2D eigenvalue weighted by Gasteiger charge is -2.26. The van der Waals surface area contributed by atoms with Crippen molar-refractivity contribution in [1.29, 1.82) is 0 Å². The van der Waals surface area contributed by atoms with Crippen LogP contribution in [0.25, 0.3) is 0 Å². The van der Waals surface area contributed by atoms with Crippen molar-refractivity contribution in [2.24, 2.45) is 17.3 Å². The van der Waals surface area contributed by atoms with Gasteiger partial charge in [-0.1, -0.05) is 30.3 Å². The maximum atomic E-state index is 12.2. The molecule has 3 rings (SSSR count). The van der Waals surface area contributed by atoms with Gasteiger partial charge in [0.25, 0.3) is 0 Å². The first-order chi connectivity index (χ1) is 10.7. The van der Waals surface area contributed by atoms with Crippen molar-refractivity contribution in [2.75, 3.05) is 26.3 Å². The summed E-state index contributed by atoms with van der Waals surface area (Å²) in [7, 11) is 0. The van der Waals surface area contributed by atoms with Gasteiger partial charge in [-0.25, -0.2) is 4.79 Å². The third-order valence-electron chi connectivity index (χ3n) is 5.10. The molecular formula is C17H23NO4. The largest absolute Gasteiger partial charge is 0.445 e. The summed E-state index contributed by atoms with van der Waals surface area (Å²) in [6, 6.07) is 9.65. The molecule has 2 N–H and O–H groups in total. The summed E-state index contributed by atoms with van der Waals surface area (Å²) >= 11 is 0. The van der Waals surface area contributed by atoms with Crippen LogP contribution in [-0.4, -0.2) is 47.5 Å². The molecule has 5 nitrogen and oxygen atoms in total. The Morgan fingerprint density at radius 2 is 1.73 bits per heavy atom. The lowest BCUT2D eigenvalue weighted by molar-refractivity contribution is 0.0478. The number of nitrogens with zero attached hydrogens (tertiary/aromatic N) is 1. The summed E-state index contributed by atoms with van der Waals surface area (Å²) in [5.41, 5.74) is 0.629. The minimum Gasteiger partial charge on any atom is -0.445 e. The molecule has 2 atom stereocenters. The fourth-order valence-corrected chi connectivity index (χ4v) is 3.86. The Balaban J connectivity index is 1.51. The molecule has 1 saturated carbocycles. The Morgan fingerprint density at radius 3 is 2.27 bits per heavy atom. The summed E-state index contributed by atoms with van der Waals surface area (Å²) in [5, 5.41) is 19.0. The number of hydrogen-bond acceptors (Lipinski definition) is 4. The van der Waals surface area contributed by atoms with Crippen molar-refractivity contribution in [1.82, 2.24) is 4.90 Å². The molecule has 0 unspecified atom stereocenters. The predicted molar refractivity (Wildman–Crippen MR) is 81.0 cm³/mol. The molecule has 22 heavy (non-hydrogen) atoms. The topological polar surface area (TPSA) is 70.0 Å². The van der Waals surface area contributed by atoms with Gasteiger partial charge in [0.05, 0.1) is 13.2 Å². The highest BCUT2D eigenvalue weighted by Gasteiger charge is 2.49. The Labute approximate surface area is 130 Å². The third kappa shape index (κ3) is 2.96. The van der Waals surface area contributed by atoms with Crippen LogP contribution in [0.5, 0.6) is 0 Å². The average molecular weight is 305 g/mol. The zero-order valence-electron chi connectivity index (χ0n) is 12.6. The van der Waals surface area contributed by atoms with Gasteiger partial charge in [-0.3, -0.25) is 0 Å². The molecule has 0 aromatic heterocycles. The normalized spacial score (nSPS) is 26.0. The molecule has 0 radical (unpaired) electrons. The SMILES string of the molecule is O=C(OCc1ccccc1)N1C[C@@H]2CC(CO)(CO)C[C@@H]2C1. The van der Waals surface area contributed by atoms with E-state index in [-0.39, 0.29) is 24.7 Å². The van der Waals surface area contributed by atoms with Crippen molar-refractivity contribution in [3.8, 4) is 0 Å². The number of aliphatic hydroxyl groups excluding tert-OH is 2. The molecule has 2 fully saturated rings. The molecule has 0 bridgehead atoms. The van der Waals surface area contributed by atoms with Gasteiger partial charge in [0, 0.05) is 18.5 Å². The van der Waals surface area contributed by atoms with E-state index in [1.54, 1.807) is 4.90 Å². The van der Waals surface area contributed by atoms with Crippen molar-refractivity contribution in [3.63, 3.8) is 0 Å². The molecule has 1 amide bonds. The minimum absolute atomic E-state index is 0.0228. The van der Waals surface area contributed by atoms with Gasteiger partial charge in [0.2, 0.25) is 0 Å². The van der Waals surface area contributed by atoms with Gasteiger partial charge in [-0.05, 0) is 30.2 Å². The van der Waals surface area contributed by atoms with E-state index in [2.05, 4.69) is 0 Å². The number of carbonyl (C=O) groups is 1. The molecular weight excluding hydrogens is 282 g/mol. The zero-order chi connectivity index (χ0) is 15.6. The molecule has 0 spiro atoms. The number of amides is 1. The van der Waals surface area contributed by atoms with Crippen LogP contribution >= 0.6 is 0 Å². The van der Waals surface area contributed by atoms with E-state index >= 15 is 0 Å². The van der Waals surface area contributed by atoms with Crippen LogP contribution in [0.3, 0.4) is 0 Å². The van der Waals surface area contributed by atoms with Crippen molar-refractivity contribution >= 4 is 6.09 Å². The summed E-state index contributed by atoms with van der Waals surface area (Å²) in [5.74, 6) is 0.729. The van der Waals surface area contributed by atoms with Gasteiger partial charge in [0.15, 0.2) is 0 Å². The quantitative estimate of drug-likeness (QED) is 0.887. The second kappa shape index (κ2) is 6.26. The molecule has 1 aliphatic heterocycles. The highest BCUT2D eigenvalue weighted by Crippen LogP contribution is 2.48. The average Bonchev–Trinajstić information content (AvgIpc) is 3.10. The number of likely N-dealkylation sites (tertiary alicyclic amines) is 1. The van der Waals surface area contributed by atoms with Gasteiger partial charge < -0.3 is 19.8 Å². The lowest BCUT2D eigenvalue weighted by Crippen LogP contribution is -2.34. The van der Waals surface area contributed by atoms with Crippen LogP contribution in [0.1, 0.15) is 18.4 Å². The molecule has 1 heterocycles. The maximum Gasteiger partial charge on any atom is 0.410 e. The van der Waals surface area contributed by atoms with E-state index < -0.39 is 0 Å². The van der Waals surface area contributed by atoms with Gasteiger partial charge in [0.1, 0.15) is 6.61 Å². The van der Waals surface area contributed by atoms with Gasteiger partial charge >= 0.3 is 6.09 Å². The summed E-state index contributed by atoms with van der Waals surface area (Å²) in [4.78, 5) is 13.9. The van der Waals surface area contributed by atoms with Crippen LogP contribution < -0.4 is 0 Å². The van der Waals surface area contributed by atoms with Crippen LogP contribution in [0, 0.1) is 17.3 Å². The van der Waals surface area contributed by atoms with Crippen molar-refractivity contribution in [3.05, 3.63) is 35.9 Å². The van der Waals surface area contributed by atoms with E-state index in [1.165, 1.54) is 0 Å². The number of aliphatic hydroxyl groups is 2. The third-order valence-corrected chi connectivity index (χ3v) is 5.10. The second-order valence-electron chi connectivity index (χ2n) is 6.69. The highest BCUT2D eigenvalue weighted by atomic mass is 16.6. The van der Waals surface area contributed by atoms with Crippen LogP contribution in [0.4, 0.5) is 4.79 Å². The molecule has 1 saturated heterocycles. The first kappa shape index (κ1) is 15.3. The van der Waals surface area contributed by atoms with E-state index in [4.69, 9.17) is 4.74 Å². The van der Waals surface area contributed by atoms with Crippen LogP contribution in [0.2, 0.25) is 0 Å². The molecule has 120 valence electrons. The number of fused-ring (bicyclic) bond motifs is 1. The number of ether oxygens (including phenoxy) is 1. The molecule has 5 heteroatoms. The van der Waals surface area contributed by atoms with Crippen LogP contribution in [-0.2, 0) is 11.3 Å². The van der Waals surface area contributed by atoms with E-state index in [1.807, 2.05) is 30.3 Å². The number of rotatable bonds is 4. The van der Waals surface area contributed by atoms with Crippen molar-refractivity contribution in [2.45, 2.75) is 19.4 Å². The van der Waals surface area contributed by atoms with Gasteiger partial charge in [-0.15, -0.1) is 0 Å². The van der Waals surface area contributed by atoms with Gasteiger partial charge in [-0.2, -0.15) is 0 Å². The lowest BCUT2D eigenvalue weighted by atomic mass is 9.86. The second-order valence-corrected chi connectivity index (χ2v) is 6.69. The summed E-state index contributed by atoms with van der Waals surface area (Å²) in [6.45, 7) is 1.67.